The van der Waals surface area contributed by atoms with Crippen molar-refractivity contribution in [1.82, 2.24) is 9.97 Å². The molecule has 1 aliphatic carbocycles. The zero-order valence-corrected chi connectivity index (χ0v) is 11.4. The molecule has 3 rings (SSSR count). The van der Waals surface area contributed by atoms with E-state index in [2.05, 4.69) is 9.97 Å². The Kier molecular flexibility index (Phi) is 3.17. The van der Waals surface area contributed by atoms with E-state index in [1.807, 2.05) is 0 Å². The van der Waals surface area contributed by atoms with Gasteiger partial charge in [-0.05, 0) is 24.8 Å². The molecule has 2 nitrogen and oxygen atoms in total. The average Bonchev–Trinajstić information content (AvgIpc) is 2.84. The molecule has 0 amide bonds. The molecule has 0 bridgehead atoms. The highest BCUT2D eigenvalue weighted by Crippen LogP contribution is 2.39. The summed E-state index contributed by atoms with van der Waals surface area (Å²) in [5.74, 6) is 0.176. The minimum absolute atomic E-state index is 0.176. The molecule has 1 aliphatic rings. The van der Waals surface area contributed by atoms with Crippen molar-refractivity contribution < 1.29 is 13.2 Å². The number of hydrogen-bond acceptors (Lipinski definition) is 3. The van der Waals surface area contributed by atoms with Gasteiger partial charge in [0.1, 0.15) is 15.8 Å². The number of alkyl halides is 3. The monoisotopic (exact) mass is 306 g/mol. The molecule has 0 saturated heterocycles. The highest BCUT2D eigenvalue weighted by molar-refractivity contribution is 7.19. The number of fused-ring (bicyclic) bond motifs is 3. The fourth-order valence-corrected chi connectivity index (χ4v) is 4.00. The van der Waals surface area contributed by atoms with Crippen LogP contribution in [0.2, 0.25) is 5.15 Å². The Balaban J connectivity index is 1.97. The van der Waals surface area contributed by atoms with Crippen LogP contribution in [0.3, 0.4) is 0 Å². The van der Waals surface area contributed by atoms with Crippen LogP contribution >= 0.6 is 22.9 Å². The van der Waals surface area contributed by atoms with E-state index in [0.717, 1.165) is 29.5 Å². The summed E-state index contributed by atoms with van der Waals surface area (Å²) >= 11 is 7.64. The van der Waals surface area contributed by atoms with E-state index < -0.39 is 12.6 Å². The third kappa shape index (κ3) is 2.56. The first-order valence-corrected chi connectivity index (χ1v) is 7.17. The smallest absolute Gasteiger partial charge is 0.222 e. The van der Waals surface area contributed by atoms with Crippen LogP contribution in [0.1, 0.15) is 29.1 Å². The maximum Gasteiger partial charge on any atom is 0.389 e. The molecule has 2 aromatic heterocycles. The number of halogens is 4. The maximum atomic E-state index is 12.2. The predicted octanol–water partition coefficient (Wildman–Crippen LogP) is 4.33. The molecule has 0 unspecified atom stereocenters. The van der Waals surface area contributed by atoms with Gasteiger partial charge in [-0.3, -0.25) is 0 Å². The molecule has 0 fully saturated rings. The van der Waals surface area contributed by atoms with Crippen LogP contribution in [-0.4, -0.2) is 16.1 Å². The van der Waals surface area contributed by atoms with Gasteiger partial charge in [-0.15, -0.1) is 11.3 Å². The first kappa shape index (κ1) is 13.1. The Morgan fingerprint density at radius 2 is 2.00 bits per heavy atom. The minimum atomic E-state index is -4.19. The van der Waals surface area contributed by atoms with Crippen LogP contribution < -0.4 is 0 Å². The van der Waals surface area contributed by atoms with Crippen LogP contribution in [0.4, 0.5) is 13.2 Å². The van der Waals surface area contributed by atoms with Gasteiger partial charge in [0.25, 0.3) is 0 Å². The standard InChI is InChI=1S/C12H10ClF3N2S/c13-10-9-6-2-1-3-7(6)19-11(9)18-8(17-10)4-5-12(14,15)16/h1-5H2. The van der Waals surface area contributed by atoms with E-state index >= 15 is 0 Å². The second-order valence-corrected chi connectivity index (χ2v) is 6.02. The lowest BCUT2D eigenvalue weighted by molar-refractivity contribution is -0.134. The third-order valence-electron chi connectivity index (χ3n) is 3.20. The first-order valence-electron chi connectivity index (χ1n) is 5.97. The molecule has 2 heterocycles. The molecular formula is C12H10ClF3N2S. The van der Waals surface area contributed by atoms with Crippen LogP contribution in [-0.2, 0) is 19.3 Å². The fourth-order valence-electron chi connectivity index (χ4n) is 2.36. The molecule has 0 radical (unpaired) electrons. The van der Waals surface area contributed by atoms with Gasteiger partial charge in [0.05, 0.1) is 11.8 Å². The van der Waals surface area contributed by atoms with Crippen molar-refractivity contribution in [3.63, 3.8) is 0 Å². The van der Waals surface area contributed by atoms with Gasteiger partial charge in [-0.25, -0.2) is 9.97 Å². The first-order chi connectivity index (χ1) is 8.94. The molecule has 102 valence electrons. The van der Waals surface area contributed by atoms with Crippen molar-refractivity contribution in [3.8, 4) is 0 Å². The van der Waals surface area contributed by atoms with Gasteiger partial charge in [0.15, 0.2) is 0 Å². The quantitative estimate of drug-likeness (QED) is 0.772. The number of aromatic nitrogens is 2. The number of thiophene rings is 1. The molecule has 2 aromatic rings. The normalized spacial score (nSPS) is 15.2. The van der Waals surface area contributed by atoms with Crippen LogP contribution in [0.5, 0.6) is 0 Å². The molecule has 0 N–H and O–H groups in total. The zero-order valence-electron chi connectivity index (χ0n) is 9.85. The predicted molar refractivity (Wildman–Crippen MR) is 68.8 cm³/mol. The zero-order chi connectivity index (χ0) is 13.6. The van der Waals surface area contributed by atoms with E-state index in [4.69, 9.17) is 11.6 Å². The topological polar surface area (TPSA) is 25.8 Å². The molecular weight excluding hydrogens is 297 g/mol. The van der Waals surface area contributed by atoms with Gasteiger partial charge >= 0.3 is 6.18 Å². The van der Waals surface area contributed by atoms with Gasteiger partial charge < -0.3 is 0 Å². The summed E-state index contributed by atoms with van der Waals surface area (Å²) in [7, 11) is 0. The van der Waals surface area contributed by atoms with Crippen molar-refractivity contribution >= 4 is 33.2 Å². The highest BCUT2D eigenvalue weighted by Gasteiger charge is 2.28. The van der Waals surface area contributed by atoms with Gasteiger partial charge in [0.2, 0.25) is 0 Å². The Morgan fingerprint density at radius 3 is 2.74 bits per heavy atom. The minimum Gasteiger partial charge on any atom is -0.222 e. The van der Waals surface area contributed by atoms with Gasteiger partial charge in [-0.1, -0.05) is 11.6 Å². The molecule has 0 aliphatic heterocycles. The Hall–Kier alpha value is -0.880. The SMILES string of the molecule is FC(F)(F)CCc1nc(Cl)c2c3c(sc2n1)CCC3. The third-order valence-corrected chi connectivity index (χ3v) is 4.66. The van der Waals surface area contributed by atoms with E-state index in [9.17, 15) is 13.2 Å². The lowest BCUT2D eigenvalue weighted by Crippen LogP contribution is -2.10. The number of nitrogens with zero attached hydrogens (tertiary/aromatic N) is 2. The molecule has 19 heavy (non-hydrogen) atoms. The van der Waals surface area contributed by atoms with Gasteiger partial charge in [-0.2, -0.15) is 13.2 Å². The van der Waals surface area contributed by atoms with E-state index in [1.54, 1.807) is 0 Å². The lowest BCUT2D eigenvalue weighted by Gasteiger charge is -2.06. The number of hydrogen-bond donors (Lipinski definition) is 0. The molecule has 0 aromatic carbocycles. The summed E-state index contributed by atoms with van der Waals surface area (Å²) < 4.78 is 36.6. The largest absolute Gasteiger partial charge is 0.389 e. The number of rotatable bonds is 2. The second kappa shape index (κ2) is 4.59. The average molecular weight is 307 g/mol. The summed E-state index contributed by atoms with van der Waals surface area (Å²) in [6.45, 7) is 0. The summed E-state index contributed by atoms with van der Waals surface area (Å²) in [5.41, 5.74) is 1.19. The van der Waals surface area contributed by atoms with Crippen molar-refractivity contribution in [2.24, 2.45) is 0 Å². The summed E-state index contributed by atoms with van der Waals surface area (Å²) in [4.78, 5) is 10.2. The van der Waals surface area contributed by atoms with Crippen molar-refractivity contribution in [1.29, 1.82) is 0 Å². The van der Waals surface area contributed by atoms with E-state index in [1.165, 1.54) is 21.8 Å². The highest BCUT2D eigenvalue weighted by atomic mass is 35.5. The van der Waals surface area contributed by atoms with Crippen molar-refractivity contribution in [3.05, 3.63) is 21.4 Å². The Bertz CT molecular complexity index is 636. The number of aryl methyl sites for hydroxylation is 3. The maximum absolute atomic E-state index is 12.2. The van der Waals surface area contributed by atoms with Crippen LogP contribution in [0.15, 0.2) is 0 Å². The molecule has 0 atom stereocenters. The molecule has 0 spiro atoms. The van der Waals surface area contributed by atoms with Crippen LogP contribution in [0.25, 0.3) is 10.2 Å². The summed E-state index contributed by atoms with van der Waals surface area (Å²) in [6, 6.07) is 0. The van der Waals surface area contributed by atoms with Crippen molar-refractivity contribution in [2.45, 2.75) is 38.3 Å². The molecule has 0 saturated carbocycles. The second-order valence-electron chi connectivity index (χ2n) is 4.58. The summed E-state index contributed by atoms with van der Waals surface area (Å²) in [5, 5.41) is 1.14. The summed E-state index contributed by atoms with van der Waals surface area (Å²) in [6.07, 6.45) is -2.27. The van der Waals surface area contributed by atoms with E-state index in [0.29, 0.717) is 5.15 Å². The Morgan fingerprint density at radius 1 is 1.21 bits per heavy atom. The molecule has 7 heteroatoms. The van der Waals surface area contributed by atoms with Crippen LogP contribution in [0, 0.1) is 0 Å². The van der Waals surface area contributed by atoms with Gasteiger partial charge in [0, 0.05) is 11.3 Å². The van der Waals surface area contributed by atoms with E-state index in [-0.39, 0.29) is 12.2 Å². The Labute approximate surface area is 116 Å². The lowest BCUT2D eigenvalue weighted by atomic mass is 10.2. The fraction of sp³-hybridized carbons (Fsp3) is 0.500. The van der Waals surface area contributed by atoms with Crippen molar-refractivity contribution in [2.75, 3.05) is 0 Å².